The van der Waals surface area contributed by atoms with Gasteiger partial charge in [0, 0.05) is 19.6 Å². The number of amides is 3. The maximum Gasteiger partial charge on any atom is 0.410 e. The molecular weight excluding hydrogens is 566 g/mol. The van der Waals surface area contributed by atoms with Crippen LogP contribution in [-0.2, 0) is 43.6 Å². The van der Waals surface area contributed by atoms with Crippen molar-refractivity contribution in [1.29, 1.82) is 0 Å². The van der Waals surface area contributed by atoms with Crippen molar-refractivity contribution in [1.82, 2.24) is 15.1 Å². The maximum atomic E-state index is 13.1. The van der Waals surface area contributed by atoms with Gasteiger partial charge in [0.15, 0.2) is 0 Å². The van der Waals surface area contributed by atoms with Crippen LogP contribution in [0, 0.1) is 0 Å². The van der Waals surface area contributed by atoms with E-state index in [-0.39, 0.29) is 39.3 Å². The third-order valence-corrected chi connectivity index (χ3v) is 6.55. The summed E-state index contributed by atoms with van der Waals surface area (Å²) in [7, 11) is 0. The van der Waals surface area contributed by atoms with Crippen LogP contribution in [-0.4, -0.2) is 71.9 Å². The molecule has 234 valence electrons. The molecule has 11 nitrogen and oxygen atoms in total. The Morgan fingerprint density at radius 1 is 0.682 bits per heavy atom. The number of hydrogen-bond acceptors (Lipinski definition) is 7. The molecular formula is C33H39N3O8. The summed E-state index contributed by atoms with van der Waals surface area (Å²) in [6.07, 6.45) is -0.0723. The van der Waals surface area contributed by atoms with Crippen LogP contribution < -0.4 is 5.32 Å². The van der Waals surface area contributed by atoms with Gasteiger partial charge in [-0.1, -0.05) is 91.0 Å². The summed E-state index contributed by atoms with van der Waals surface area (Å²) >= 11 is 0. The van der Waals surface area contributed by atoms with Gasteiger partial charge in [-0.3, -0.25) is 14.5 Å². The highest BCUT2D eigenvalue weighted by molar-refractivity contribution is 5.76. The van der Waals surface area contributed by atoms with Gasteiger partial charge in [0.05, 0.1) is 6.61 Å². The molecule has 44 heavy (non-hydrogen) atoms. The minimum atomic E-state index is -1.18. The van der Waals surface area contributed by atoms with Gasteiger partial charge in [-0.05, 0) is 36.0 Å². The van der Waals surface area contributed by atoms with E-state index in [1.165, 1.54) is 4.90 Å². The molecule has 0 aliphatic rings. The lowest BCUT2D eigenvalue weighted by atomic mass is 10.2. The number of carbonyl (C=O) groups excluding carboxylic acids is 3. The molecule has 0 saturated carbocycles. The van der Waals surface area contributed by atoms with Crippen molar-refractivity contribution in [3.63, 3.8) is 0 Å². The molecule has 3 aromatic rings. The fourth-order valence-electron chi connectivity index (χ4n) is 4.30. The summed E-state index contributed by atoms with van der Waals surface area (Å²) in [6.45, 7) is 0.415. The number of rotatable bonds is 19. The molecule has 2 N–H and O–H groups in total. The van der Waals surface area contributed by atoms with Crippen LogP contribution in [0.4, 0.5) is 9.59 Å². The number of aliphatic carboxylic acids is 1. The second kappa shape index (κ2) is 19.3. The molecule has 0 heterocycles. The summed E-state index contributed by atoms with van der Waals surface area (Å²) in [5.74, 6) is -1.18. The Balaban J connectivity index is 1.56. The molecule has 0 bridgehead atoms. The average molecular weight is 606 g/mol. The van der Waals surface area contributed by atoms with Gasteiger partial charge in [0.2, 0.25) is 6.41 Å². The smallest absolute Gasteiger partial charge is 0.410 e. The van der Waals surface area contributed by atoms with Crippen LogP contribution in [0.2, 0.25) is 0 Å². The van der Waals surface area contributed by atoms with Gasteiger partial charge in [0.25, 0.3) is 0 Å². The lowest BCUT2D eigenvalue weighted by molar-refractivity contribution is -0.138. The number of benzene rings is 3. The number of carboxylic acid groups (broad SMARTS) is 1. The normalized spacial score (nSPS) is 11.2. The van der Waals surface area contributed by atoms with Gasteiger partial charge in [-0.2, -0.15) is 0 Å². The molecule has 0 saturated heterocycles. The predicted molar refractivity (Wildman–Crippen MR) is 162 cm³/mol. The van der Waals surface area contributed by atoms with E-state index in [0.29, 0.717) is 25.9 Å². The maximum absolute atomic E-state index is 13.1. The van der Waals surface area contributed by atoms with E-state index < -0.39 is 30.9 Å². The second-order valence-corrected chi connectivity index (χ2v) is 9.95. The Morgan fingerprint density at radius 2 is 1.14 bits per heavy atom. The largest absolute Gasteiger partial charge is 0.480 e. The highest BCUT2D eigenvalue weighted by Crippen LogP contribution is 2.11. The lowest BCUT2D eigenvalue weighted by Crippen LogP contribution is -2.40. The molecule has 3 rings (SSSR count). The van der Waals surface area contributed by atoms with E-state index in [1.54, 1.807) is 12.1 Å². The van der Waals surface area contributed by atoms with Gasteiger partial charge in [-0.25, -0.2) is 9.59 Å². The van der Waals surface area contributed by atoms with Gasteiger partial charge in [-0.15, -0.1) is 0 Å². The molecule has 0 aliphatic carbocycles. The highest BCUT2D eigenvalue weighted by atomic mass is 16.6. The zero-order valence-electron chi connectivity index (χ0n) is 24.6. The van der Waals surface area contributed by atoms with Gasteiger partial charge < -0.3 is 29.5 Å². The number of nitrogens with zero attached hydrogens (tertiary/aromatic N) is 2. The van der Waals surface area contributed by atoms with Crippen molar-refractivity contribution < 1.29 is 38.5 Å². The molecule has 0 aliphatic heterocycles. The molecule has 3 aromatic carbocycles. The first-order valence-corrected chi connectivity index (χ1v) is 14.4. The number of ether oxygens (including phenoxy) is 3. The van der Waals surface area contributed by atoms with Crippen LogP contribution in [0.15, 0.2) is 91.0 Å². The molecule has 1 unspecified atom stereocenters. The Morgan fingerprint density at radius 3 is 1.64 bits per heavy atom. The van der Waals surface area contributed by atoms with Gasteiger partial charge in [0.1, 0.15) is 26.0 Å². The summed E-state index contributed by atoms with van der Waals surface area (Å²) in [6, 6.07) is 27.9. The number of hydrogen-bond donors (Lipinski definition) is 2. The van der Waals surface area contributed by atoms with Crippen molar-refractivity contribution in [3.8, 4) is 0 Å². The van der Waals surface area contributed by atoms with Crippen LogP contribution in [0.3, 0.4) is 0 Å². The van der Waals surface area contributed by atoms with Crippen molar-refractivity contribution in [2.45, 2.75) is 45.3 Å². The second-order valence-electron chi connectivity index (χ2n) is 9.95. The fraction of sp³-hybridized carbons (Fsp3) is 0.333. The molecule has 11 heteroatoms. The standard InChI is InChI=1S/C33H39N3O8/c37-26-34-30(42-23-27-12-4-1-5-13-27)18-10-19-35(32(40)43-24-28-14-6-2-7-15-28)20-11-21-36(22-31(38)39)33(41)44-25-29-16-8-3-9-17-29/h1-9,12-17,26,30H,10-11,18-25H2,(H,34,37)(H,38,39). The molecule has 0 fully saturated rings. The van der Waals surface area contributed by atoms with Crippen LogP contribution >= 0.6 is 0 Å². The van der Waals surface area contributed by atoms with E-state index in [2.05, 4.69) is 5.32 Å². The first-order valence-electron chi connectivity index (χ1n) is 14.4. The van der Waals surface area contributed by atoms with E-state index in [0.717, 1.165) is 21.6 Å². The zero-order chi connectivity index (χ0) is 31.4. The fourth-order valence-corrected chi connectivity index (χ4v) is 4.30. The number of carboxylic acids is 1. The Hall–Kier alpha value is -4.90. The lowest BCUT2D eigenvalue weighted by Gasteiger charge is -2.25. The SMILES string of the molecule is O=CNC(CCCN(CCCN(CC(=O)O)C(=O)OCc1ccccc1)C(=O)OCc1ccccc1)OCc1ccccc1. The first kappa shape index (κ1) is 33.6. The number of nitrogens with one attached hydrogen (secondary N) is 1. The molecule has 1 atom stereocenters. The average Bonchev–Trinajstić information content (AvgIpc) is 3.05. The summed E-state index contributed by atoms with van der Waals surface area (Å²) < 4.78 is 16.7. The third kappa shape index (κ3) is 13.0. The summed E-state index contributed by atoms with van der Waals surface area (Å²) in [5.41, 5.74) is 2.57. The minimum absolute atomic E-state index is 0.00998. The molecule has 3 amide bonds. The van der Waals surface area contributed by atoms with E-state index in [4.69, 9.17) is 14.2 Å². The molecule has 0 aromatic heterocycles. The topological polar surface area (TPSA) is 135 Å². The van der Waals surface area contributed by atoms with Crippen LogP contribution in [0.5, 0.6) is 0 Å². The molecule has 0 radical (unpaired) electrons. The zero-order valence-corrected chi connectivity index (χ0v) is 24.6. The molecule has 0 spiro atoms. The van der Waals surface area contributed by atoms with Crippen molar-refractivity contribution in [2.24, 2.45) is 0 Å². The van der Waals surface area contributed by atoms with Crippen LogP contribution in [0.25, 0.3) is 0 Å². The Kier molecular flexibility index (Phi) is 14.8. The van der Waals surface area contributed by atoms with Crippen LogP contribution in [0.1, 0.15) is 36.0 Å². The van der Waals surface area contributed by atoms with Crippen molar-refractivity contribution >= 4 is 24.6 Å². The van der Waals surface area contributed by atoms with Crippen molar-refractivity contribution in [2.75, 3.05) is 26.2 Å². The highest BCUT2D eigenvalue weighted by Gasteiger charge is 2.21. The monoisotopic (exact) mass is 605 g/mol. The van der Waals surface area contributed by atoms with E-state index in [9.17, 15) is 24.3 Å². The quantitative estimate of drug-likeness (QED) is 0.147. The summed E-state index contributed by atoms with van der Waals surface area (Å²) in [5, 5.41) is 12.0. The van der Waals surface area contributed by atoms with E-state index in [1.807, 2.05) is 78.9 Å². The first-order chi connectivity index (χ1) is 21.4. The number of carbonyl (C=O) groups is 4. The van der Waals surface area contributed by atoms with Gasteiger partial charge >= 0.3 is 18.2 Å². The predicted octanol–water partition coefficient (Wildman–Crippen LogP) is 4.81. The van der Waals surface area contributed by atoms with E-state index >= 15 is 0 Å². The third-order valence-electron chi connectivity index (χ3n) is 6.55. The van der Waals surface area contributed by atoms with Crippen molar-refractivity contribution in [3.05, 3.63) is 108 Å². The Bertz CT molecular complexity index is 1280. The summed E-state index contributed by atoms with van der Waals surface area (Å²) in [4.78, 5) is 51.0. The Labute approximate surface area is 257 Å². The minimum Gasteiger partial charge on any atom is -0.480 e.